The molecule has 4 aromatic rings. The molecule has 1 heterocycles. The molecule has 0 aliphatic carbocycles. The Labute approximate surface area is 272 Å². The van der Waals surface area contributed by atoms with Crippen LogP contribution in [0.15, 0.2) is 109 Å². The van der Waals surface area contributed by atoms with Gasteiger partial charge in [-0.3, -0.25) is 4.90 Å². The second kappa shape index (κ2) is 20.0. The SMILES string of the molecule is ClCCCCCCl.Clc1ccc(C(c2ccccc2)N2CCCCC2)cc1.NC(c1ccccc1)c1ccc(Cl)cc1. The zero-order valence-corrected chi connectivity index (χ0v) is 27.2. The Balaban J connectivity index is 0.000000194. The summed E-state index contributed by atoms with van der Waals surface area (Å²) in [5, 5.41) is 1.54. The predicted octanol–water partition coefficient (Wildman–Crippen LogP) is 10.9. The van der Waals surface area contributed by atoms with E-state index in [2.05, 4.69) is 47.4 Å². The molecule has 5 rings (SSSR count). The standard InChI is InChI=1S/C18H20ClN.C13H12ClN.C5H10Cl2/c19-17-11-9-16(10-12-17)18(15-7-3-1-4-8-15)20-13-5-2-6-14-20;14-12-8-6-11(7-9-12)13(15)10-4-2-1-3-5-10;6-4-2-1-3-5-7/h1,3-4,7-12,18H,2,5-6,13-14H2;1-9,13H,15H2;1-5H2. The second-order valence-electron chi connectivity index (χ2n) is 10.3. The molecule has 2 N–H and O–H groups in total. The molecule has 1 aliphatic rings. The number of nitrogens with two attached hydrogens (primary N) is 1. The van der Waals surface area contributed by atoms with Gasteiger partial charge in [-0.25, -0.2) is 0 Å². The van der Waals surface area contributed by atoms with Crippen molar-refractivity contribution in [2.24, 2.45) is 5.73 Å². The number of rotatable bonds is 9. The fraction of sp³-hybridized carbons (Fsp3) is 0.333. The van der Waals surface area contributed by atoms with E-state index >= 15 is 0 Å². The molecule has 42 heavy (non-hydrogen) atoms. The van der Waals surface area contributed by atoms with Crippen LogP contribution in [-0.2, 0) is 0 Å². The Hall–Kier alpha value is -2.04. The van der Waals surface area contributed by atoms with Crippen molar-refractivity contribution in [1.29, 1.82) is 0 Å². The zero-order valence-electron chi connectivity index (χ0n) is 24.2. The van der Waals surface area contributed by atoms with Gasteiger partial charge in [-0.1, -0.05) is 121 Å². The van der Waals surface area contributed by atoms with Crippen LogP contribution in [-0.4, -0.2) is 29.7 Å². The number of alkyl halides is 2. The van der Waals surface area contributed by atoms with Crippen LogP contribution in [0, 0.1) is 0 Å². The van der Waals surface area contributed by atoms with Gasteiger partial charge in [0.25, 0.3) is 0 Å². The fourth-order valence-corrected chi connectivity index (χ4v) is 5.59. The number of piperidine rings is 1. The third-order valence-electron chi connectivity index (χ3n) is 7.21. The minimum Gasteiger partial charge on any atom is -0.320 e. The predicted molar refractivity (Wildman–Crippen MR) is 184 cm³/mol. The lowest BCUT2D eigenvalue weighted by atomic mass is 9.95. The van der Waals surface area contributed by atoms with Gasteiger partial charge in [-0.05, 0) is 85.3 Å². The maximum Gasteiger partial charge on any atom is 0.0601 e. The van der Waals surface area contributed by atoms with E-state index in [0.29, 0.717) is 6.04 Å². The maximum atomic E-state index is 6.12. The molecule has 224 valence electrons. The highest BCUT2D eigenvalue weighted by atomic mass is 35.5. The van der Waals surface area contributed by atoms with Crippen molar-refractivity contribution in [3.8, 4) is 0 Å². The highest BCUT2D eigenvalue weighted by Gasteiger charge is 2.23. The summed E-state index contributed by atoms with van der Waals surface area (Å²) in [4.78, 5) is 2.60. The Bertz CT molecular complexity index is 1230. The average Bonchev–Trinajstić information content (AvgIpc) is 3.05. The van der Waals surface area contributed by atoms with Gasteiger partial charge in [0.05, 0.1) is 12.1 Å². The fourth-order valence-electron chi connectivity index (χ4n) is 4.96. The number of unbranched alkanes of at least 4 members (excludes halogenated alkanes) is 2. The van der Waals surface area contributed by atoms with E-state index in [1.54, 1.807) is 0 Å². The molecule has 1 saturated heterocycles. The van der Waals surface area contributed by atoms with Crippen molar-refractivity contribution in [2.75, 3.05) is 24.8 Å². The molecule has 6 heteroatoms. The molecule has 0 radical (unpaired) electrons. The first kappa shape index (κ1) is 34.5. The molecular weight excluding hydrogens is 602 g/mol. The molecular formula is C36H42Cl4N2. The van der Waals surface area contributed by atoms with Crippen LogP contribution < -0.4 is 5.73 Å². The van der Waals surface area contributed by atoms with E-state index in [1.165, 1.54) is 49.9 Å². The van der Waals surface area contributed by atoms with E-state index in [1.807, 2.05) is 66.7 Å². The molecule has 4 aromatic carbocycles. The van der Waals surface area contributed by atoms with Crippen molar-refractivity contribution >= 4 is 46.4 Å². The summed E-state index contributed by atoms with van der Waals surface area (Å²) in [5.74, 6) is 1.55. The normalized spacial score (nSPS) is 14.5. The molecule has 0 saturated carbocycles. The Morgan fingerprint density at radius 1 is 0.524 bits per heavy atom. The molecule has 2 nitrogen and oxygen atoms in total. The van der Waals surface area contributed by atoms with Crippen LogP contribution >= 0.6 is 46.4 Å². The van der Waals surface area contributed by atoms with E-state index < -0.39 is 0 Å². The van der Waals surface area contributed by atoms with E-state index in [-0.39, 0.29) is 6.04 Å². The Morgan fingerprint density at radius 3 is 1.40 bits per heavy atom. The average molecular weight is 645 g/mol. The van der Waals surface area contributed by atoms with E-state index in [4.69, 9.17) is 52.1 Å². The summed E-state index contributed by atoms with van der Waals surface area (Å²) < 4.78 is 0. The molecule has 0 aromatic heterocycles. The summed E-state index contributed by atoms with van der Waals surface area (Å²) in [5.41, 5.74) is 11.0. The largest absolute Gasteiger partial charge is 0.320 e. The van der Waals surface area contributed by atoms with Gasteiger partial charge in [-0.15, -0.1) is 23.2 Å². The smallest absolute Gasteiger partial charge is 0.0601 e. The lowest BCUT2D eigenvalue weighted by Gasteiger charge is -2.35. The van der Waals surface area contributed by atoms with Crippen LogP contribution in [0.3, 0.4) is 0 Å². The van der Waals surface area contributed by atoms with Gasteiger partial charge in [0.15, 0.2) is 0 Å². The van der Waals surface area contributed by atoms with Crippen LogP contribution in [0.2, 0.25) is 10.0 Å². The van der Waals surface area contributed by atoms with E-state index in [0.717, 1.165) is 45.8 Å². The third-order valence-corrected chi connectivity index (χ3v) is 8.25. The number of likely N-dealkylation sites (tertiary alicyclic amines) is 1. The zero-order chi connectivity index (χ0) is 30.0. The molecule has 1 fully saturated rings. The van der Waals surface area contributed by atoms with Crippen LogP contribution in [0.5, 0.6) is 0 Å². The number of benzene rings is 4. The first-order valence-corrected chi connectivity index (χ1v) is 16.6. The first-order valence-electron chi connectivity index (χ1n) is 14.8. The number of nitrogens with zero attached hydrogens (tertiary/aromatic N) is 1. The van der Waals surface area contributed by atoms with Gasteiger partial charge in [0.2, 0.25) is 0 Å². The minimum atomic E-state index is -0.0801. The van der Waals surface area contributed by atoms with Crippen molar-refractivity contribution < 1.29 is 0 Å². The third kappa shape index (κ3) is 11.9. The highest BCUT2D eigenvalue weighted by molar-refractivity contribution is 6.30. The molecule has 0 bridgehead atoms. The van der Waals surface area contributed by atoms with Gasteiger partial charge < -0.3 is 5.73 Å². The Kier molecular flexibility index (Phi) is 16.4. The van der Waals surface area contributed by atoms with Gasteiger partial charge in [-0.2, -0.15) is 0 Å². The summed E-state index contributed by atoms with van der Waals surface area (Å²) in [6, 6.07) is 37.0. The summed E-state index contributed by atoms with van der Waals surface area (Å²) in [7, 11) is 0. The molecule has 1 aliphatic heterocycles. The lowest BCUT2D eigenvalue weighted by Crippen LogP contribution is -2.34. The number of halogens is 4. The molecule has 2 atom stereocenters. The van der Waals surface area contributed by atoms with Crippen molar-refractivity contribution in [3.05, 3.63) is 141 Å². The quantitative estimate of drug-likeness (QED) is 0.145. The number of hydrogen-bond donors (Lipinski definition) is 1. The molecule has 0 spiro atoms. The maximum absolute atomic E-state index is 6.12. The van der Waals surface area contributed by atoms with Gasteiger partial charge in [0, 0.05) is 21.8 Å². The van der Waals surface area contributed by atoms with Crippen LogP contribution in [0.25, 0.3) is 0 Å². The summed E-state index contributed by atoms with van der Waals surface area (Å²) in [6.07, 6.45) is 7.35. The van der Waals surface area contributed by atoms with Crippen molar-refractivity contribution in [1.82, 2.24) is 4.90 Å². The van der Waals surface area contributed by atoms with Crippen molar-refractivity contribution in [2.45, 2.75) is 50.6 Å². The molecule has 0 amide bonds. The second-order valence-corrected chi connectivity index (χ2v) is 12.0. The van der Waals surface area contributed by atoms with Crippen LogP contribution in [0.1, 0.15) is 72.9 Å². The Morgan fingerprint density at radius 2 is 0.929 bits per heavy atom. The topological polar surface area (TPSA) is 29.3 Å². The lowest BCUT2D eigenvalue weighted by molar-refractivity contribution is 0.187. The summed E-state index contributed by atoms with van der Waals surface area (Å²) in [6.45, 7) is 2.37. The summed E-state index contributed by atoms with van der Waals surface area (Å²) >= 11 is 22.6. The molecule has 2 unspecified atom stereocenters. The van der Waals surface area contributed by atoms with Crippen LogP contribution in [0.4, 0.5) is 0 Å². The van der Waals surface area contributed by atoms with Gasteiger partial charge >= 0.3 is 0 Å². The number of hydrogen-bond acceptors (Lipinski definition) is 2. The van der Waals surface area contributed by atoms with E-state index in [9.17, 15) is 0 Å². The highest BCUT2D eigenvalue weighted by Crippen LogP contribution is 2.31. The minimum absolute atomic E-state index is 0.0801. The first-order chi connectivity index (χ1) is 20.5. The monoisotopic (exact) mass is 642 g/mol. The van der Waals surface area contributed by atoms with Gasteiger partial charge in [0.1, 0.15) is 0 Å². The van der Waals surface area contributed by atoms with Crippen molar-refractivity contribution in [3.63, 3.8) is 0 Å².